The summed E-state index contributed by atoms with van der Waals surface area (Å²) in [6.07, 6.45) is 0. The lowest BCUT2D eigenvalue weighted by molar-refractivity contribution is -0.117. The van der Waals surface area contributed by atoms with Gasteiger partial charge in [0, 0.05) is 36.8 Å². The minimum absolute atomic E-state index is 0.0462. The Morgan fingerprint density at radius 3 is 2.56 bits per heavy atom. The molecule has 32 heavy (non-hydrogen) atoms. The summed E-state index contributed by atoms with van der Waals surface area (Å²) in [6, 6.07) is 14.8. The third-order valence-corrected chi connectivity index (χ3v) is 5.47. The van der Waals surface area contributed by atoms with Crippen molar-refractivity contribution in [2.45, 2.75) is 13.5 Å². The Labute approximate surface area is 192 Å². The average molecular weight is 456 g/mol. The predicted octanol–water partition coefficient (Wildman–Crippen LogP) is 3.55. The van der Waals surface area contributed by atoms with Gasteiger partial charge in [-0.05, 0) is 43.3 Å². The Balaban J connectivity index is 1.24. The molecule has 2 aromatic carbocycles. The molecule has 9 heteroatoms. The second-order valence-electron chi connectivity index (χ2n) is 7.55. The number of ether oxygens (including phenoxy) is 1. The van der Waals surface area contributed by atoms with E-state index in [9.17, 15) is 4.79 Å². The van der Waals surface area contributed by atoms with Crippen LogP contribution in [0, 0.1) is 0 Å². The molecule has 1 N–H and O–H groups in total. The van der Waals surface area contributed by atoms with Gasteiger partial charge in [-0.25, -0.2) is 0 Å². The Bertz CT molecular complexity index is 1030. The van der Waals surface area contributed by atoms with E-state index in [0.29, 0.717) is 47.9 Å². The zero-order valence-corrected chi connectivity index (χ0v) is 18.7. The molecule has 1 amide bonds. The number of piperazine rings is 1. The first-order chi connectivity index (χ1) is 15.6. The van der Waals surface area contributed by atoms with Crippen molar-refractivity contribution in [2.24, 2.45) is 0 Å². The average Bonchev–Trinajstić information content (AvgIpc) is 3.25. The second-order valence-corrected chi connectivity index (χ2v) is 7.98. The number of nitrogens with zero attached hydrogens (tertiary/aromatic N) is 4. The van der Waals surface area contributed by atoms with E-state index in [1.165, 1.54) is 0 Å². The van der Waals surface area contributed by atoms with E-state index in [4.69, 9.17) is 20.9 Å². The predicted molar refractivity (Wildman–Crippen MR) is 123 cm³/mol. The first kappa shape index (κ1) is 22.3. The number of carbonyl (C=O) groups excluding carboxylic acids is 1. The molecule has 1 saturated heterocycles. The Kier molecular flexibility index (Phi) is 7.36. The van der Waals surface area contributed by atoms with E-state index in [2.05, 4.69) is 25.3 Å². The summed E-state index contributed by atoms with van der Waals surface area (Å²) in [7, 11) is 0. The van der Waals surface area contributed by atoms with Crippen molar-refractivity contribution in [1.29, 1.82) is 0 Å². The van der Waals surface area contributed by atoms with Crippen LogP contribution in [0.1, 0.15) is 12.8 Å². The zero-order valence-electron chi connectivity index (χ0n) is 18.0. The molecule has 168 valence electrons. The van der Waals surface area contributed by atoms with Gasteiger partial charge in [-0.3, -0.25) is 14.6 Å². The van der Waals surface area contributed by atoms with E-state index in [0.717, 1.165) is 31.7 Å². The SMILES string of the molecule is CCOc1ccccc1NC(=O)CN1CCN(Cc2nc(-c3ccc(Cl)cc3)no2)CC1. The van der Waals surface area contributed by atoms with E-state index in [1.807, 2.05) is 43.3 Å². The number of rotatable bonds is 8. The molecular weight excluding hydrogens is 430 g/mol. The van der Waals surface area contributed by atoms with E-state index in [1.54, 1.807) is 12.1 Å². The number of amides is 1. The van der Waals surface area contributed by atoms with Gasteiger partial charge in [0.25, 0.3) is 0 Å². The molecule has 1 aromatic heterocycles. The third-order valence-electron chi connectivity index (χ3n) is 5.22. The normalized spacial score (nSPS) is 14.9. The highest BCUT2D eigenvalue weighted by atomic mass is 35.5. The number of anilines is 1. The fourth-order valence-corrected chi connectivity index (χ4v) is 3.70. The standard InChI is InChI=1S/C23H26ClN5O3/c1-2-31-20-6-4-3-5-19(20)25-21(30)15-28-11-13-29(14-12-28)16-22-26-23(27-32-22)17-7-9-18(24)10-8-17/h3-10H,2,11-16H2,1H3,(H,25,30). The van der Waals surface area contributed by atoms with Crippen molar-refractivity contribution in [3.05, 3.63) is 59.4 Å². The van der Waals surface area contributed by atoms with Crippen molar-refractivity contribution in [2.75, 3.05) is 44.6 Å². The molecule has 0 aliphatic carbocycles. The molecule has 0 saturated carbocycles. The first-order valence-electron chi connectivity index (χ1n) is 10.7. The molecule has 0 atom stereocenters. The van der Waals surface area contributed by atoms with Crippen LogP contribution >= 0.6 is 11.6 Å². The monoisotopic (exact) mass is 455 g/mol. The maximum absolute atomic E-state index is 12.5. The maximum Gasteiger partial charge on any atom is 0.241 e. The van der Waals surface area contributed by atoms with Gasteiger partial charge >= 0.3 is 0 Å². The van der Waals surface area contributed by atoms with E-state index < -0.39 is 0 Å². The molecule has 1 aliphatic rings. The summed E-state index contributed by atoms with van der Waals surface area (Å²) in [5, 5.41) is 7.69. The summed E-state index contributed by atoms with van der Waals surface area (Å²) in [5.41, 5.74) is 1.57. The fraction of sp³-hybridized carbons (Fsp3) is 0.348. The third kappa shape index (κ3) is 5.85. The van der Waals surface area contributed by atoms with Gasteiger partial charge in [0.05, 0.1) is 25.4 Å². The van der Waals surface area contributed by atoms with Crippen LogP contribution in [0.25, 0.3) is 11.4 Å². The van der Waals surface area contributed by atoms with Crippen LogP contribution in [0.3, 0.4) is 0 Å². The number of para-hydroxylation sites is 2. The van der Waals surface area contributed by atoms with Crippen LogP contribution in [0.4, 0.5) is 5.69 Å². The molecule has 0 radical (unpaired) electrons. The number of hydrogen-bond acceptors (Lipinski definition) is 7. The number of halogens is 1. The van der Waals surface area contributed by atoms with Crippen LogP contribution in [0.5, 0.6) is 5.75 Å². The highest BCUT2D eigenvalue weighted by Gasteiger charge is 2.21. The summed E-state index contributed by atoms with van der Waals surface area (Å²) in [6.45, 7) is 6.62. The van der Waals surface area contributed by atoms with Crippen molar-refractivity contribution in [1.82, 2.24) is 19.9 Å². The van der Waals surface area contributed by atoms with Crippen molar-refractivity contribution >= 4 is 23.2 Å². The number of nitrogens with one attached hydrogen (secondary N) is 1. The summed E-state index contributed by atoms with van der Waals surface area (Å²) in [5.74, 6) is 1.77. The van der Waals surface area contributed by atoms with Crippen LogP contribution in [0.2, 0.25) is 5.02 Å². The van der Waals surface area contributed by atoms with Gasteiger partial charge in [-0.1, -0.05) is 28.9 Å². The minimum Gasteiger partial charge on any atom is -0.492 e. The van der Waals surface area contributed by atoms with Crippen molar-refractivity contribution in [3.8, 4) is 17.1 Å². The van der Waals surface area contributed by atoms with Gasteiger partial charge < -0.3 is 14.6 Å². The molecular formula is C23H26ClN5O3. The summed E-state index contributed by atoms with van der Waals surface area (Å²) < 4.78 is 11.0. The molecule has 4 rings (SSSR count). The zero-order chi connectivity index (χ0) is 22.3. The molecule has 1 aliphatic heterocycles. The first-order valence-corrected chi connectivity index (χ1v) is 11.0. The topological polar surface area (TPSA) is 83.7 Å². The molecule has 0 spiro atoms. The maximum atomic E-state index is 12.5. The van der Waals surface area contributed by atoms with Crippen LogP contribution in [0.15, 0.2) is 53.1 Å². The molecule has 1 fully saturated rings. The van der Waals surface area contributed by atoms with Crippen LogP contribution in [-0.4, -0.2) is 65.2 Å². The summed E-state index contributed by atoms with van der Waals surface area (Å²) in [4.78, 5) is 21.4. The molecule has 0 unspecified atom stereocenters. The van der Waals surface area contributed by atoms with Crippen molar-refractivity contribution in [3.63, 3.8) is 0 Å². The molecule has 3 aromatic rings. The van der Waals surface area contributed by atoms with Gasteiger partial charge in [-0.2, -0.15) is 4.98 Å². The smallest absolute Gasteiger partial charge is 0.241 e. The Morgan fingerprint density at radius 2 is 1.81 bits per heavy atom. The highest BCUT2D eigenvalue weighted by Crippen LogP contribution is 2.23. The minimum atomic E-state index is -0.0462. The van der Waals surface area contributed by atoms with Gasteiger partial charge in [-0.15, -0.1) is 0 Å². The van der Waals surface area contributed by atoms with Crippen LogP contribution < -0.4 is 10.1 Å². The molecule has 0 bridgehead atoms. The number of carbonyl (C=O) groups is 1. The van der Waals surface area contributed by atoms with Gasteiger partial charge in [0.15, 0.2) is 0 Å². The molecule has 2 heterocycles. The lowest BCUT2D eigenvalue weighted by Gasteiger charge is -2.33. The largest absolute Gasteiger partial charge is 0.492 e. The number of hydrogen-bond donors (Lipinski definition) is 1. The van der Waals surface area contributed by atoms with Gasteiger partial charge in [0.2, 0.25) is 17.6 Å². The lowest BCUT2D eigenvalue weighted by atomic mass is 10.2. The summed E-state index contributed by atoms with van der Waals surface area (Å²) >= 11 is 5.93. The number of aromatic nitrogens is 2. The number of benzene rings is 2. The van der Waals surface area contributed by atoms with Gasteiger partial charge in [0.1, 0.15) is 5.75 Å². The Morgan fingerprint density at radius 1 is 1.09 bits per heavy atom. The second kappa shape index (κ2) is 10.6. The fourth-order valence-electron chi connectivity index (χ4n) is 3.58. The molecule has 8 nitrogen and oxygen atoms in total. The van der Waals surface area contributed by atoms with Crippen molar-refractivity contribution < 1.29 is 14.1 Å². The van der Waals surface area contributed by atoms with E-state index in [-0.39, 0.29) is 5.91 Å². The Hall–Kier alpha value is -2.94. The quantitative estimate of drug-likeness (QED) is 0.556. The lowest BCUT2D eigenvalue weighted by Crippen LogP contribution is -2.48. The van der Waals surface area contributed by atoms with E-state index >= 15 is 0 Å². The van der Waals surface area contributed by atoms with Crippen LogP contribution in [-0.2, 0) is 11.3 Å². The highest BCUT2D eigenvalue weighted by molar-refractivity contribution is 6.30.